The number of hydrogen-bond donors (Lipinski definition) is 1. The summed E-state index contributed by atoms with van der Waals surface area (Å²) in [6, 6.07) is -0.575. The molecular formula is C10H15N7O2. The highest BCUT2D eigenvalue weighted by molar-refractivity contribution is 5.70. The monoisotopic (exact) mass is 265 g/mol. The summed E-state index contributed by atoms with van der Waals surface area (Å²) in [5.74, 6) is -0.932. The third kappa shape index (κ3) is 2.44. The molecule has 0 amide bonds. The Balaban J connectivity index is 2.30. The molecule has 9 heteroatoms. The van der Waals surface area contributed by atoms with Gasteiger partial charge >= 0.3 is 5.97 Å². The molecule has 19 heavy (non-hydrogen) atoms. The summed E-state index contributed by atoms with van der Waals surface area (Å²) >= 11 is 0. The maximum atomic E-state index is 11.0. The molecule has 0 spiro atoms. The van der Waals surface area contributed by atoms with Crippen LogP contribution in [-0.4, -0.2) is 46.0 Å². The first kappa shape index (κ1) is 13.1. The highest BCUT2D eigenvalue weighted by atomic mass is 16.4. The second-order valence-corrected chi connectivity index (χ2v) is 4.40. The predicted octanol–water partition coefficient (Wildman–Crippen LogP) is 0.156. The maximum absolute atomic E-state index is 11.0. The van der Waals surface area contributed by atoms with Gasteiger partial charge in [0.15, 0.2) is 5.82 Å². The highest BCUT2D eigenvalue weighted by Crippen LogP contribution is 2.21. The Bertz CT molecular complexity index is 550. The molecule has 0 aliphatic rings. The normalized spacial score (nSPS) is 15.9. The molecule has 2 aromatic heterocycles. The second-order valence-electron chi connectivity index (χ2n) is 4.40. The Kier molecular flexibility index (Phi) is 3.54. The van der Waals surface area contributed by atoms with Crippen LogP contribution in [0.4, 0.5) is 0 Å². The number of rotatable bonds is 5. The van der Waals surface area contributed by atoms with Crippen molar-refractivity contribution in [3.63, 3.8) is 0 Å². The zero-order valence-electron chi connectivity index (χ0n) is 10.9. The van der Waals surface area contributed by atoms with Crippen LogP contribution >= 0.6 is 0 Å². The van der Waals surface area contributed by atoms with E-state index in [1.54, 1.807) is 24.9 Å². The predicted molar refractivity (Wildman–Crippen MR) is 63.2 cm³/mol. The lowest BCUT2D eigenvalue weighted by Crippen LogP contribution is -2.26. The first-order chi connectivity index (χ1) is 9.02. The molecule has 102 valence electrons. The van der Waals surface area contributed by atoms with Crippen LogP contribution in [-0.2, 0) is 4.79 Å². The van der Waals surface area contributed by atoms with Crippen molar-refractivity contribution in [1.29, 1.82) is 0 Å². The zero-order valence-corrected chi connectivity index (χ0v) is 10.9. The van der Waals surface area contributed by atoms with Crippen molar-refractivity contribution >= 4 is 5.97 Å². The molecule has 0 fully saturated rings. The van der Waals surface area contributed by atoms with Crippen molar-refractivity contribution in [2.45, 2.75) is 32.9 Å². The van der Waals surface area contributed by atoms with Gasteiger partial charge in [-0.05, 0) is 31.2 Å². The Morgan fingerprint density at radius 3 is 2.68 bits per heavy atom. The average Bonchev–Trinajstić information content (AvgIpc) is 3.06. The lowest BCUT2D eigenvalue weighted by atomic mass is 10.0. The van der Waals surface area contributed by atoms with Gasteiger partial charge in [-0.3, -0.25) is 4.79 Å². The van der Waals surface area contributed by atoms with Crippen LogP contribution in [0.1, 0.15) is 38.7 Å². The molecule has 3 unspecified atom stereocenters. The van der Waals surface area contributed by atoms with Gasteiger partial charge in [-0.2, -0.15) is 5.10 Å². The van der Waals surface area contributed by atoms with E-state index in [2.05, 4.69) is 25.6 Å². The van der Waals surface area contributed by atoms with Crippen LogP contribution in [0, 0.1) is 5.92 Å². The lowest BCUT2D eigenvalue weighted by molar-refractivity contribution is -0.142. The maximum Gasteiger partial charge on any atom is 0.308 e. The van der Waals surface area contributed by atoms with E-state index in [0.717, 1.165) is 0 Å². The number of nitrogens with zero attached hydrogens (tertiary/aromatic N) is 7. The van der Waals surface area contributed by atoms with Gasteiger partial charge in [0, 0.05) is 0 Å². The van der Waals surface area contributed by atoms with Crippen molar-refractivity contribution in [2.24, 2.45) is 5.92 Å². The van der Waals surface area contributed by atoms with Gasteiger partial charge in [0.2, 0.25) is 0 Å². The quantitative estimate of drug-likeness (QED) is 0.819. The standard InChI is InChI=1S/C10H15N7O2/c1-6(10(18)19)7(2)17-9(13-14-15-17)8(3)16-5-11-4-12-16/h4-8H,1-3H3,(H,18,19). The number of hydrogen-bond acceptors (Lipinski definition) is 6. The summed E-state index contributed by atoms with van der Waals surface area (Å²) in [5, 5.41) is 24.5. The molecule has 3 atom stereocenters. The van der Waals surface area contributed by atoms with Crippen molar-refractivity contribution in [1.82, 2.24) is 35.0 Å². The van der Waals surface area contributed by atoms with Crippen molar-refractivity contribution < 1.29 is 9.90 Å². The average molecular weight is 265 g/mol. The van der Waals surface area contributed by atoms with Gasteiger partial charge in [0.1, 0.15) is 18.7 Å². The molecule has 0 saturated heterocycles. The highest BCUT2D eigenvalue weighted by Gasteiger charge is 2.27. The van der Waals surface area contributed by atoms with E-state index in [9.17, 15) is 4.79 Å². The van der Waals surface area contributed by atoms with E-state index in [-0.39, 0.29) is 12.1 Å². The minimum Gasteiger partial charge on any atom is -0.481 e. The van der Waals surface area contributed by atoms with Crippen LogP contribution in [0.5, 0.6) is 0 Å². The first-order valence-electron chi connectivity index (χ1n) is 5.87. The molecule has 2 heterocycles. The summed E-state index contributed by atoms with van der Waals surface area (Å²) in [6.45, 7) is 5.26. The molecule has 0 radical (unpaired) electrons. The minimum absolute atomic E-state index is 0.221. The van der Waals surface area contributed by atoms with Crippen molar-refractivity contribution in [3.05, 3.63) is 18.5 Å². The summed E-state index contributed by atoms with van der Waals surface area (Å²) in [5.41, 5.74) is 0. The van der Waals surface area contributed by atoms with Crippen LogP contribution in [0.2, 0.25) is 0 Å². The number of tetrazole rings is 1. The Morgan fingerprint density at radius 2 is 2.11 bits per heavy atom. The summed E-state index contributed by atoms with van der Waals surface area (Å²) in [4.78, 5) is 14.9. The molecule has 0 aliphatic carbocycles. The number of aliphatic carboxylic acids is 1. The largest absolute Gasteiger partial charge is 0.481 e. The minimum atomic E-state index is -0.887. The third-order valence-electron chi connectivity index (χ3n) is 3.22. The van der Waals surface area contributed by atoms with Gasteiger partial charge in [-0.15, -0.1) is 5.10 Å². The van der Waals surface area contributed by atoms with Gasteiger partial charge in [0.25, 0.3) is 0 Å². The van der Waals surface area contributed by atoms with E-state index in [1.807, 2.05) is 6.92 Å². The van der Waals surface area contributed by atoms with E-state index < -0.39 is 11.9 Å². The molecule has 2 rings (SSSR count). The fourth-order valence-electron chi connectivity index (χ4n) is 1.72. The fourth-order valence-corrected chi connectivity index (χ4v) is 1.72. The fraction of sp³-hybridized carbons (Fsp3) is 0.600. The number of aromatic nitrogens is 7. The summed E-state index contributed by atoms with van der Waals surface area (Å²) in [6.07, 6.45) is 2.99. The summed E-state index contributed by atoms with van der Waals surface area (Å²) in [7, 11) is 0. The number of carboxylic acids is 1. The van der Waals surface area contributed by atoms with E-state index in [4.69, 9.17) is 5.11 Å². The third-order valence-corrected chi connectivity index (χ3v) is 3.22. The van der Waals surface area contributed by atoms with Gasteiger partial charge in [-0.25, -0.2) is 14.3 Å². The molecule has 9 nitrogen and oxygen atoms in total. The Morgan fingerprint density at radius 1 is 1.37 bits per heavy atom. The molecule has 1 N–H and O–H groups in total. The number of carboxylic acid groups (broad SMARTS) is 1. The van der Waals surface area contributed by atoms with E-state index in [1.165, 1.54) is 11.0 Å². The van der Waals surface area contributed by atoms with Crippen molar-refractivity contribution in [2.75, 3.05) is 0 Å². The summed E-state index contributed by atoms with van der Waals surface area (Å²) < 4.78 is 3.13. The molecule has 2 aromatic rings. The topological polar surface area (TPSA) is 112 Å². The zero-order chi connectivity index (χ0) is 14.0. The van der Waals surface area contributed by atoms with Gasteiger partial charge in [0.05, 0.1) is 12.0 Å². The molecule has 0 aliphatic heterocycles. The second kappa shape index (κ2) is 5.12. The number of carbonyl (C=O) groups is 1. The van der Waals surface area contributed by atoms with Crippen LogP contribution in [0.25, 0.3) is 0 Å². The van der Waals surface area contributed by atoms with E-state index in [0.29, 0.717) is 5.82 Å². The Hall–Kier alpha value is -2.32. The van der Waals surface area contributed by atoms with Gasteiger partial charge in [-0.1, -0.05) is 0 Å². The molecule has 0 aromatic carbocycles. The van der Waals surface area contributed by atoms with Crippen molar-refractivity contribution in [3.8, 4) is 0 Å². The Labute approximate surface area is 109 Å². The molecular weight excluding hydrogens is 250 g/mol. The van der Waals surface area contributed by atoms with E-state index >= 15 is 0 Å². The molecule has 0 bridgehead atoms. The van der Waals surface area contributed by atoms with Gasteiger partial charge < -0.3 is 5.11 Å². The van der Waals surface area contributed by atoms with Crippen LogP contribution < -0.4 is 0 Å². The smallest absolute Gasteiger partial charge is 0.308 e. The SMILES string of the molecule is CC(C(=O)O)C(C)n1nnnc1C(C)n1cncn1. The lowest BCUT2D eigenvalue weighted by Gasteiger charge is -2.19. The molecule has 0 saturated carbocycles. The first-order valence-corrected chi connectivity index (χ1v) is 5.87. The van der Waals surface area contributed by atoms with Crippen LogP contribution in [0.3, 0.4) is 0 Å². The van der Waals surface area contributed by atoms with Crippen LogP contribution in [0.15, 0.2) is 12.7 Å².